The average Bonchev–Trinajstić information content (AvgIpc) is 2.38. The van der Waals surface area contributed by atoms with Gasteiger partial charge in [-0.15, -0.1) is 0 Å². The third kappa shape index (κ3) is 1.49. The van der Waals surface area contributed by atoms with Gasteiger partial charge in [0.25, 0.3) is 0 Å². The monoisotopic (exact) mass is 162 g/mol. The molecule has 1 aliphatic heterocycles. The van der Waals surface area contributed by atoms with E-state index < -0.39 is 9.84 Å². The molecule has 1 aliphatic rings. The Bertz CT molecular complexity index is 192. The maximum atomic E-state index is 11.1. The van der Waals surface area contributed by atoms with Crippen LogP contribution in [0.25, 0.3) is 0 Å². The van der Waals surface area contributed by atoms with Crippen molar-refractivity contribution < 1.29 is 8.42 Å². The van der Waals surface area contributed by atoms with Gasteiger partial charge in [0.2, 0.25) is 0 Å². The second-order valence-electron chi connectivity index (χ2n) is 2.45. The molecule has 0 saturated carbocycles. The zero-order chi connectivity index (χ0) is 7.61. The molecular weight excluding hydrogens is 150 g/mol. The Balaban J connectivity index is 2.63. The first-order valence-electron chi connectivity index (χ1n) is 3.55. The maximum absolute atomic E-state index is 11.1. The second-order valence-corrected chi connectivity index (χ2v) is 4.90. The Morgan fingerprint density at radius 1 is 1.60 bits per heavy atom. The molecule has 1 radical (unpaired) electrons. The highest BCUT2D eigenvalue weighted by atomic mass is 32.2. The van der Waals surface area contributed by atoms with E-state index in [-0.39, 0.29) is 11.1 Å². The van der Waals surface area contributed by atoms with Crippen LogP contribution in [0.1, 0.15) is 19.8 Å². The van der Waals surface area contributed by atoms with Crippen LogP contribution in [0.15, 0.2) is 0 Å². The van der Waals surface area contributed by atoms with E-state index in [0.717, 1.165) is 19.4 Å². The highest BCUT2D eigenvalue weighted by Crippen LogP contribution is 2.13. The fraction of sp³-hybridized carbons (Fsp3) is 1.00. The van der Waals surface area contributed by atoms with Crippen molar-refractivity contribution in [1.29, 1.82) is 0 Å². The molecule has 0 amide bonds. The van der Waals surface area contributed by atoms with Gasteiger partial charge in [0.05, 0.1) is 0 Å². The summed E-state index contributed by atoms with van der Waals surface area (Å²) in [5, 5.41) is 3.61. The molecule has 0 spiro atoms. The smallest absolute Gasteiger partial charge is 0.167 e. The van der Waals surface area contributed by atoms with Crippen LogP contribution in [0.4, 0.5) is 0 Å². The maximum Gasteiger partial charge on any atom is 0.167 e. The van der Waals surface area contributed by atoms with Crippen molar-refractivity contribution >= 4 is 9.84 Å². The topological polar surface area (TPSA) is 48.2 Å². The first kappa shape index (κ1) is 8.01. The molecule has 1 heterocycles. The van der Waals surface area contributed by atoms with E-state index in [4.69, 9.17) is 0 Å². The van der Waals surface area contributed by atoms with Crippen molar-refractivity contribution in [2.24, 2.45) is 0 Å². The SMILES string of the molecule is CCS(=O)(=O)C1CCC[N]1. The van der Waals surface area contributed by atoms with Crippen molar-refractivity contribution in [2.75, 3.05) is 12.3 Å². The van der Waals surface area contributed by atoms with Crippen molar-refractivity contribution in [3.63, 3.8) is 0 Å². The number of nitrogens with zero attached hydrogens (tertiary/aromatic N) is 1. The molecule has 59 valence electrons. The summed E-state index contributed by atoms with van der Waals surface area (Å²) in [5.74, 6) is 0.223. The van der Waals surface area contributed by atoms with E-state index in [1.54, 1.807) is 6.92 Å². The van der Waals surface area contributed by atoms with Crippen LogP contribution in [0.3, 0.4) is 0 Å². The first-order valence-corrected chi connectivity index (χ1v) is 5.26. The molecule has 0 aliphatic carbocycles. The minimum absolute atomic E-state index is 0.223. The Morgan fingerprint density at radius 3 is 2.70 bits per heavy atom. The predicted molar refractivity (Wildman–Crippen MR) is 39.5 cm³/mol. The van der Waals surface area contributed by atoms with Crippen LogP contribution in [0.5, 0.6) is 0 Å². The predicted octanol–water partition coefficient (Wildman–Crippen LogP) is 0.145. The summed E-state index contributed by atoms with van der Waals surface area (Å²) in [4.78, 5) is 0. The summed E-state index contributed by atoms with van der Waals surface area (Å²) < 4.78 is 22.2. The van der Waals surface area contributed by atoms with E-state index in [9.17, 15) is 8.42 Å². The van der Waals surface area contributed by atoms with Crippen molar-refractivity contribution in [3.8, 4) is 0 Å². The zero-order valence-corrected chi connectivity index (χ0v) is 6.89. The molecule has 1 fully saturated rings. The molecule has 1 atom stereocenters. The summed E-state index contributed by atoms with van der Waals surface area (Å²) in [6, 6.07) is 0. The van der Waals surface area contributed by atoms with Gasteiger partial charge in [-0.05, 0) is 12.8 Å². The fourth-order valence-corrected chi connectivity index (χ4v) is 2.32. The molecule has 10 heavy (non-hydrogen) atoms. The summed E-state index contributed by atoms with van der Waals surface area (Å²) in [7, 11) is -2.86. The number of sulfone groups is 1. The number of hydrogen-bond donors (Lipinski definition) is 0. The highest BCUT2D eigenvalue weighted by Gasteiger charge is 2.27. The van der Waals surface area contributed by atoms with Crippen LogP contribution < -0.4 is 5.32 Å². The van der Waals surface area contributed by atoms with Crippen LogP contribution in [-0.4, -0.2) is 26.1 Å². The molecule has 0 aromatic carbocycles. The number of rotatable bonds is 2. The van der Waals surface area contributed by atoms with Gasteiger partial charge in [-0.2, -0.15) is 0 Å². The lowest BCUT2D eigenvalue weighted by atomic mass is 10.4. The molecule has 1 rings (SSSR count). The van der Waals surface area contributed by atoms with Crippen molar-refractivity contribution in [2.45, 2.75) is 25.1 Å². The second kappa shape index (κ2) is 2.88. The van der Waals surface area contributed by atoms with E-state index in [1.165, 1.54) is 0 Å². The van der Waals surface area contributed by atoms with Crippen molar-refractivity contribution in [1.82, 2.24) is 5.32 Å². The molecule has 1 unspecified atom stereocenters. The normalized spacial score (nSPS) is 27.1. The molecule has 0 aromatic heterocycles. The Kier molecular flexibility index (Phi) is 2.31. The van der Waals surface area contributed by atoms with Gasteiger partial charge in [0.1, 0.15) is 5.37 Å². The van der Waals surface area contributed by atoms with Gasteiger partial charge in [0, 0.05) is 12.3 Å². The summed E-state index contributed by atoms with van der Waals surface area (Å²) in [6.45, 7) is 2.40. The van der Waals surface area contributed by atoms with Gasteiger partial charge in [0.15, 0.2) is 9.84 Å². The van der Waals surface area contributed by atoms with Crippen LogP contribution in [0, 0.1) is 0 Å². The summed E-state index contributed by atoms with van der Waals surface area (Å²) in [5.41, 5.74) is 0. The molecular formula is C6H12NO2S. The standard InChI is InChI=1S/C6H12NO2S/c1-2-10(8,9)6-4-3-5-7-6/h6H,2-5H2,1H3. The van der Waals surface area contributed by atoms with E-state index >= 15 is 0 Å². The van der Waals surface area contributed by atoms with Crippen LogP contribution in [0.2, 0.25) is 0 Å². The van der Waals surface area contributed by atoms with Gasteiger partial charge < -0.3 is 0 Å². The summed E-state index contributed by atoms with van der Waals surface area (Å²) >= 11 is 0. The van der Waals surface area contributed by atoms with Gasteiger partial charge in [-0.1, -0.05) is 6.92 Å². The van der Waals surface area contributed by atoms with Crippen molar-refractivity contribution in [3.05, 3.63) is 0 Å². The molecule has 0 bridgehead atoms. The zero-order valence-electron chi connectivity index (χ0n) is 6.08. The third-order valence-corrected chi connectivity index (χ3v) is 3.78. The van der Waals surface area contributed by atoms with Gasteiger partial charge in [-0.25, -0.2) is 13.7 Å². The van der Waals surface area contributed by atoms with E-state index in [2.05, 4.69) is 5.32 Å². The molecule has 4 heteroatoms. The molecule has 1 saturated heterocycles. The lowest BCUT2D eigenvalue weighted by Crippen LogP contribution is -2.27. The number of hydrogen-bond acceptors (Lipinski definition) is 2. The van der Waals surface area contributed by atoms with Gasteiger partial charge in [-0.3, -0.25) is 0 Å². The molecule has 0 aromatic rings. The minimum Gasteiger partial charge on any atom is -0.227 e. The third-order valence-electron chi connectivity index (χ3n) is 1.76. The van der Waals surface area contributed by atoms with Crippen LogP contribution >= 0.6 is 0 Å². The lowest BCUT2D eigenvalue weighted by molar-refractivity contribution is 0.571. The van der Waals surface area contributed by atoms with E-state index in [1.807, 2.05) is 0 Å². The quantitative estimate of drug-likeness (QED) is 0.580. The molecule has 0 N–H and O–H groups in total. The average molecular weight is 162 g/mol. The fourth-order valence-electron chi connectivity index (χ4n) is 1.08. The Hall–Kier alpha value is -0.0900. The molecule has 3 nitrogen and oxygen atoms in total. The first-order chi connectivity index (χ1) is 4.67. The van der Waals surface area contributed by atoms with Crippen LogP contribution in [-0.2, 0) is 9.84 Å². The summed E-state index contributed by atoms with van der Waals surface area (Å²) in [6.07, 6.45) is 1.67. The highest BCUT2D eigenvalue weighted by molar-refractivity contribution is 7.91. The largest absolute Gasteiger partial charge is 0.227 e. The Morgan fingerprint density at radius 2 is 2.30 bits per heavy atom. The van der Waals surface area contributed by atoms with E-state index in [0.29, 0.717) is 0 Å². The van der Waals surface area contributed by atoms with Gasteiger partial charge >= 0.3 is 0 Å². The minimum atomic E-state index is -2.86. The lowest BCUT2D eigenvalue weighted by Gasteiger charge is -2.06. The Labute approximate surface area is 61.7 Å².